The van der Waals surface area contributed by atoms with E-state index in [0.717, 1.165) is 11.8 Å². The molecule has 1 N–H and O–H groups in total. The molecule has 0 aliphatic carbocycles. The van der Waals surface area contributed by atoms with E-state index >= 15 is 0 Å². The summed E-state index contributed by atoms with van der Waals surface area (Å²) < 4.78 is 1.67. The Labute approximate surface area is 100 Å². The molecule has 0 aromatic carbocycles. The van der Waals surface area contributed by atoms with Crippen molar-refractivity contribution in [3.05, 3.63) is 39.8 Å². The van der Waals surface area contributed by atoms with Crippen molar-refractivity contribution in [2.75, 3.05) is 0 Å². The lowest BCUT2D eigenvalue weighted by Crippen LogP contribution is -2.26. The Morgan fingerprint density at radius 3 is 2.65 bits per heavy atom. The topological polar surface area (TPSA) is 59.3 Å². The Morgan fingerprint density at radius 2 is 2.12 bits per heavy atom. The van der Waals surface area contributed by atoms with Gasteiger partial charge in [-0.05, 0) is 31.1 Å². The largest absolute Gasteiger partial charge is 0.478 e. The first kappa shape index (κ1) is 13.2. The Morgan fingerprint density at radius 1 is 1.47 bits per heavy atom. The highest BCUT2D eigenvalue weighted by molar-refractivity contribution is 5.85. The van der Waals surface area contributed by atoms with Gasteiger partial charge in [0.05, 0.1) is 0 Å². The third-order valence-electron chi connectivity index (χ3n) is 2.38. The average molecular weight is 235 g/mol. The summed E-state index contributed by atoms with van der Waals surface area (Å²) in [4.78, 5) is 22.5. The Balaban J connectivity index is 3.19. The molecule has 4 heteroatoms. The molecule has 0 spiro atoms. The fourth-order valence-electron chi connectivity index (χ4n) is 1.57. The van der Waals surface area contributed by atoms with Crippen LogP contribution in [0.5, 0.6) is 0 Å². The van der Waals surface area contributed by atoms with Gasteiger partial charge in [0.2, 0.25) is 0 Å². The maximum absolute atomic E-state index is 12.1. The van der Waals surface area contributed by atoms with E-state index < -0.39 is 5.97 Å². The number of carbonyl (C=O) groups is 1. The van der Waals surface area contributed by atoms with Crippen molar-refractivity contribution < 1.29 is 9.90 Å². The third kappa shape index (κ3) is 3.59. The van der Waals surface area contributed by atoms with Crippen LogP contribution in [0.3, 0.4) is 0 Å². The van der Waals surface area contributed by atoms with E-state index in [4.69, 9.17) is 5.11 Å². The molecule has 1 aromatic heterocycles. The van der Waals surface area contributed by atoms with Crippen LogP contribution in [0.25, 0.3) is 6.08 Å². The van der Waals surface area contributed by atoms with E-state index in [-0.39, 0.29) is 5.56 Å². The summed E-state index contributed by atoms with van der Waals surface area (Å²) in [6.45, 7) is 6.57. The summed E-state index contributed by atoms with van der Waals surface area (Å²) in [6.07, 6.45) is 2.31. The lowest BCUT2D eigenvalue weighted by atomic mass is 10.2. The van der Waals surface area contributed by atoms with Crippen LogP contribution in [0, 0.1) is 12.8 Å². The summed E-state index contributed by atoms with van der Waals surface area (Å²) in [6, 6.07) is 3.47. The van der Waals surface area contributed by atoms with Gasteiger partial charge in [-0.3, -0.25) is 4.79 Å². The predicted molar refractivity (Wildman–Crippen MR) is 66.9 cm³/mol. The molecule has 0 aliphatic rings. The molecule has 92 valence electrons. The number of nitrogens with zero attached hydrogens (tertiary/aromatic N) is 1. The Bertz CT molecular complexity index is 498. The summed E-state index contributed by atoms with van der Waals surface area (Å²) in [7, 11) is 0. The van der Waals surface area contributed by atoms with Crippen molar-refractivity contribution in [3.8, 4) is 0 Å². The van der Waals surface area contributed by atoms with Gasteiger partial charge in [0, 0.05) is 23.9 Å². The van der Waals surface area contributed by atoms with Crippen LogP contribution in [-0.2, 0) is 11.3 Å². The van der Waals surface area contributed by atoms with Crippen LogP contribution >= 0.6 is 0 Å². The maximum atomic E-state index is 12.1. The lowest BCUT2D eigenvalue weighted by Gasteiger charge is -2.12. The molecule has 0 unspecified atom stereocenters. The lowest BCUT2D eigenvalue weighted by molar-refractivity contribution is -0.131. The molecule has 4 nitrogen and oxygen atoms in total. The quantitative estimate of drug-likeness (QED) is 0.811. The number of aryl methyl sites for hydroxylation is 1. The second kappa shape index (κ2) is 5.48. The van der Waals surface area contributed by atoms with Crippen LogP contribution in [0.2, 0.25) is 0 Å². The molecule has 17 heavy (non-hydrogen) atoms. The van der Waals surface area contributed by atoms with E-state index in [9.17, 15) is 9.59 Å². The molecule has 0 radical (unpaired) electrons. The first-order chi connectivity index (χ1) is 7.91. The molecule has 0 amide bonds. The number of pyridine rings is 1. The normalized spacial score (nSPS) is 11.3. The highest BCUT2D eigenvalue weighted by atomic mass is 16.4. The van der Waals surface area contributed by atoms with Crippen LogP contribution in [0.4, 0.5) is 0 Å². The highest BCUT2D eigenvalue weighted by Crippen LogP contribution is 2.04. The van der Waals surface area contributed by atoms with Gasteiger partial charge in [-0.2, -0.15) is 0 Å². The SMILES string of the molecule is Cc1ccc(/C=C/C(=O)O)c(=O)n1CC(C)C. The van der Waals surface area contributed by atoms with Crippen LogP contribution in [0.1, 0.15) is 25.1 Å². The van der Waals surface area contributed by atoms with Gasteiger partial charge in [0.15, 0.2) is 0 Å². The zero-order valence-corrected chi connectivity index (χ0v) is 10.3. The minimum absolute atomic E-state index is 0.142. The third-order valence-corrected chi connectivity index (χ3v) is 2.38. The number of hydrogen-bond donors (Lipinski definition) is 1. The summed E-state index contributed by atoms with van der Waals surface area (Å²) in [5, 5.41) is 8.54. The second-order valence-electron chi connectivity index (χ2n) is 4.41. The molecule has 0 saturated carbocycles. The van der Waals surface area contributed by atoms with Crippen molar-refractivity contribution in [1.29, 1.82) is 0 Å². The van der Waals surface area contributed by atoms with Crippen LogP contribution < -0.4 is 5.56 Å². The number of aliphatic carboxylic acids is 1. The minimum Gasteiger partial charge on any atom is -0.478 e. The van der Waals surface area contributed by atoms with Gasteiger partial charge in [-0.15, -0.1) is 0 Å². The first-order valence-electron chi connectivity index (χ1n) is 5.53. The maximum Gasteiger partial charge on any atom is 0.328 e. The fraction of sp³-hybridized carbons (Fsp3) is 0.385. The van der Waals surface area contributed by atoms with Crippen molar-refractivity contribution >= 4 is 12.0 Å². The molecule has 0 saturated heterocycles. The van der Waals surface area contributed by atoms with Gasteiger partial charge in [-0.25, -0.2) is 4.79 Å². The van der Waals surface area contributed by atoms with Crippen molar-refractivity contribution in [2.24, 2.45) is 5.92 Å². The number of carboxylic acid groups (broad SMARTS) is 1. The number of hydrogen-bond acceptors (Lipinski definition) is 2. The molecule has 1 heterocycles. The number of carboxylic acids is 1. The van der Waals surface area contributed by atoms with E-state index in [1.54, 1.807) is 10.6 Å². The van der Waals surface area contributed by atoms with E-state index in [2.05, 4.69) is 0 Å². The number of aromatic nitrogens is 1. The molecule has 1 rings (SSSR count). The average Bonchev–Trinajstić information content (AvgIpc) is 2.22. The second-order valence-corrected chi connectivity index (χ2v) is 4.41. The van der Waals surface area contributed by atoms with Gasteiger partial charge in [0.25, 0.3) is 5.56 Å². The van der Waals surface area contributed by atoms with Crippen molar-refractivity contribution in [1.82, 2.24) is 4.57 Å². The minimum atomic E-state index is -1.06. The molecule has 1 aromatic rings. The Kier molecular flexibility index (Phi) is 4.26. The number of rotatable bonds is 4. The highest BCUT2D eigenvalue weighted by Gasteiger charge is 2.06. The summed E-state index contributed by atoms with van der Waals surface area (Å²) in [5.41, 5.74) is 1.14. The predicted octanol–water partition coefficient (Wildman–Crippen LogP) is 1.91. The van der Waals surface area contributed by atoms with Gasteiger partial charge in [0.1, 0.15) is 0 Å². The van der Waals surface area contributed by atoms with E-state index in [1.807, 2.05) is 26.8 Å². The standard InChI is InChI=1S/C13H17NO3/c1-9(2)8-14-10(3)4-5-11(13(14)17)6-7-12(15)16/h4-7,9H,8H2,1-3H3,(H,15,16)/b7-6+. The zero-order valence-electron chi connectivity index (χ0n) is 10.3. The van der Waals surface area contributed by atoms with Crippen LogP contribution in [0.15, 0.2) is 23.0 Å². The van der Waals surface area contributed by atoms with Crippen LogP contribution in [-0.4, -0.2) is 15.6 Å². The van der Waals surface area contributed by atoms with Crippen molar-refractivity contribution in [2.45, 2.75) is 27.3 Å². The summed E-state index contributed by atoms with van der Waals surface area (Å²) >= 11 is 0. The fourth-order valence-corrected chi connectivity index (χ4v) is 1.57. The molecule has 0 fully saturated rings. The van der Waals surface area contributed by atoms with Crippen molar-refractivity contribution in [3.63, 3.8) is 0 Å². The smallest absolute Gasteiger partial charge is 0.328 e. The zero-order chi connectivity index (χ0) is 13.0. The van der Waals surface area contributed by atoms with Gasteiger partial charge < -0.3 is 9.67 Å². The molecule has 0 bridgehead atoms. The van der Waals surface area contributed by atoms with E-state index in [0.29, 0.717) is 18.0 Å². The van der Waals surface area contributed by atoms with Gasteiger partial charge in [-0.1, -0.05) is 13.8 Å². The first-order valence-corrected chi connectivity index (χ1v) is 5.53. The molecule has 0 aliphatic heterocycles. The summed E-state index contributed by atoms with van der Waals surface area (Å²) in [5.74, 6) is -0.689. The van der Waals surface area contributed by atoms with E-state index in [1.165, 1.54) is 6.08 Å². The molecular formula is C13H17NO3. The Hall–Kier alpha value is -1.84. The van der Waals surface area contributed by atoms with Gasteiger partial charge >= 0.3 is 5.97 Å². The molecule has 0 atom stereocenters. The molecular weight excluding hydrogens is 218 g/mol. The monoisotopic (exact) mass is 235 g/mol.